The van der Waals surface area contributed by atoms with Gasteiger partial charge in [-0.2, -0.15) is 0 Å². The quantitative estimate of drug-likeness (QED) is 0.871. The lowest BCUT2D eigenvalue weighted by atomic mass is 10.0. The molecule has 22 heavy (non-hydrogen) atoms. The zero-order valence-corrected chi connectivity index (χ0v) is 12.7. The number of methoxy groups -OCH3 is 1. The van der Waals surface area contributed by atoms with E-state index in [0.717, 1.165) is 19.4 Å². The number of benzene rings is 1. The number of carbonyl (C=O) groups excluding carboxylic acids is 1. The van der Waals surface area contributed by atoms with Crippen molar-refractivity contribution in [2.24, 2.45) is 0 Å². The second kappa shape index (κ2) is 6.71. The van der Waals surface area contributed by atoms with Crippen molar-refractivity contribution in [2.75, 3.05) is 13.7 Å². The SMILES string of the molecule is CO[C@H]1CCN(C(=O)c2cccnc2)[C@H]1Cc1ccccc1. The number of ether oxygens (including phenoxy) is 1. The van der Waals surface area contributed by atoms with E-state index in [1.165, 1.54) is 5.56 Å². The summed E-state index contributed by atoms with van der Waals surface area (Å²) in [7, 11) is 1.72. The predicted octanol–water partition coefficient (Wildman–Crippen LogP) is 2.55. The van der Waals surface area contributed by atoms with Crippen molar-refractivity contribution in [2.45, 2.75) is 25.0 Å². The summed E-state index contributed by atoms with van der Waals surface area (Å²) in [6, 6.07) is 13.9. The summed E-state index contributed by atoms with van der Waals surface area (Å²) in [5.41, 5.74) is 1.86. The Hall–Kier alpha value is -2.20. The van der Waals surface area contributed by atoms with Gasteiger partial charge in [0, 0.05) is 26.0 Å². The maximum Gasteiger partial charge on any atom is 0.255 e. The number of aromatic nitrogens is 1. The molecule has 0 radical (unpaired) electrons. The number of pyridine rings is 1. The summed E-state index contributed by atoms with van der Waals surface area (Å²) in [6.45, 7) is 0.726. The third-order valence-corrected chi connectivity index (χ3v) is 4.24. The number of rotatable bonds is 4. The van der Waals surface area contributed by atoms with Crippen molar-refractivity contribution in [3.63, 3.8) is 0 Å². The normalized spacial score (nSPS) is 21.0. The lowest BCUT2D eigenvalue weighted by molar-refractivity contribution is 0.0508. The first kappa shape index (κ1) is 14.7. The molecule has 1 fully saturated rings. The fourth-order valence-electron chi connectivity index (χ4n) is 3.10. The van der Waals surface area contributed by atoms with Crippen molar-refractivity contribution in [1.29, 1.82) is 0 Å². The Bertz CT molecular complexity index is 615. The van der Waals surface area contributed by atoms with Crippen LogP contribution in [0.3, 0.4) is 0 Å². The molecule has 1 aromatic heterocycles. The summed E-state index contributed by atoms with van der Waals surface area (Å²) in [4.78, 5) is 18.7. The van der Waals surface area contributed by atoms with Crippen molar-refractivity contribution < 1.29 is 9.53 Å². The molecule has 2 aromatic rings. The number of nitrogens with zero attached hydrogens (tertiary/aromatic N) is 2. The van der Waals surface area contributed by atoms with Crippen molar-refractivity contribution in [3.8, 4) is 0 Å². The third kappa shape index (κ3) is 3.02. The molecule has 1 aliphatic heterocycles. The van der Waals surface area contributed by atoms with Crippen molar-refractivity contribution >= 4 is 5.91 Å². The minimum absolute atomic E-state index is 0.0357. The highest BCUT2D eigenvalue weighted by molar-refractivity contribution is 5.94. The molecule has 2 atom stereocenters. The van der Waals surface area contributed by atoms with Gasteiger partial charge in [-0.3, -0.25) is 9.78 Å². The summed E-state index contributed by atoms with van der Waals surface area (Å²) in [6.07, 6.45) is 5.08. The molecule has 4 heteroatoms. The number of amides is 1. The molecule has 114 valence electrons. The van der Waals surface area contributed by atoms with Crippen LogP contribution in [0, 0.1) is 0 Å². The zero-order valence-electron chi connectivity index (χ0n) is 12.7. The van der Waals surface area contributed by atoms with Crippen LogP contribution >= 0.6 is 0 Å². The molecule has 0 aliphatic carbocycles. The van der Waals surface area contributed by atoms with Crippen molar-refractivity contribution in [3.05, 3.63) is 66.0 Å². The fraction of sp³-hybridized carbons (Fsp3) is 0.333. The van der Waals surface area contributed by atoms with E-state index in [9.17, 15) is 4.79 Å². The molecule has 1 amide bonds. The highest BCUT2D eigenvalue weighted by Crippen LogP contribution is 2.25. The topological polar surface area (TPSA) is 42.4 Å². The van der Waals surface area contributed by atoms with E-state index in [-0.39, 0.29) is 18.1 Å². The van der Waals surface area contributed by atoms with E-state index in [1.54, 1.807) is 25.6 Å². The predicted molar refractivity (Wildman–Crippen MR) is 84.6 cm³/mol. The minimum Gasteiger partial charge on any atom is -0.379 e. The van der Waals surface area contributed by atoms with E-state index in [2.05, 4.69) is 17.1 Å². The average Bonchev–Trinajstić information content (AvgIpc) is 2.98. The first-order valence-corrected chi connectivity index (χ1v) is 7.57. The van der Waals surface area contributed by atoms with Crippen LogP contribution in [-0.4, -0.2) is 41.6 Å². The number of hydrogen-bond donors (Lipinski definition) is 0. The van der Waals surface area contributed by atoms with Gasteiger partial charge in [-0.25, -0.2) is 0 Å². The lowest BCUT2D eigenvalue weighted by Crippen LogP contribution is -2.41. The Balaban J connectivity index is 1.81. The maximum absolute atomic E-state index is 12.7. The van der Waals surface area contributed by atoms with Crippen molar-refractivity contribution in [1.82, 2.24) is 9.88 Å². The van der Waals surface area contributed by atoms with Crippen LogP contribution in [0.1, 0.15) is 22.3 Å². The Morgan fingerprint density at radius 3 is 2.77 bits per heavy atom. The first-order chi connectivity index (χ1) is 10.8. The largest absolute Gasteiger partial charge is 0.379 e. The second-order valence-electron chi connectivity index (χ2n) is 5.56. The van der Waals surface area contributed by atoms with Gasteiger partial charge in [0.05, 0.1) is 17.7 Å². The smallest absolute Gasteiger partial charge is 0.255 e. The second-order valence-corrected chi connectivity index (χ2v) is 5.56. The lowest BCUT2D eigenvalue weighted by Gasteiger charge is -2.28. The van der Waals surface area contributed by atoms with Gasteiger partial charge in [0.25, 0.3) is 5.91 Å². The number of likely N-dealkylation sites (tertiary alicyclic amines) is 1. The first-order valence-electron chi connectivity index (χ1n) is 7.57. The van der Waals surface area contributed by atoms with E-state index >= 15 is 0 Å². The van der Waals surface area contributed by atoms with Crippen LogP contribution in [0.5, 0.6) is 0 Å². The average molecular weight is 296 g/mol. The Kier molecular flexibility index (Phi) is 4.49. The molecule has 0 bridgehead atoms. The number of hydrogen-bond acceptors (Lipinski definition) is 3. The molecule has 0 N–H and O–H groups in total. The summed E-state index contributed by atoms with van der Waals surface area (Å²) in [5.74, 6) is 0.0357. The van der Waals surface area contributed by atoms with Crippen LogP contribution in [0.4, 0.5) is 0 Å². The molecular formula is C18H20N2O2. The van der Waals surface area contributed by atoms with Gasteiger partial charge >= 0.3 is 0 Å². The van der Waals surface area contributed by atoms with Gasteiger partial charge in [0.1, 0.15) is 0 Å². The van der Waals surface area contributed by atoms with E-state index < -0.39 is 0 Å². The zero-order chi connectivity index (χ0) is 15.4. The van der Waals surface area contributed by atoms with Crippen LogP contribution in [0.15, 0.2) is 54.9 Å². The van der Waals surface area contributed by atoms with E-state index in [0.29, 0.717) is 5.56 Å². The fourth-order valence-corrected chi connectivity index (χ4v) is 3.10. The molecule has 3 rings (SSSR count). The van der Waals surface area contributed by atoms with E-state index in [1.807, 2.05) is 29.2 Å². The Morgan fingerprint density at radius 2 is 2.09 bits per heavy atom. The Morgan fingerprint density at radius 1 is 1.27 bits per heavy atom. The van der Waals surface area contributed by atoms with Crippen LogP contribution < -0.4 is 0 Å². The van der Waals surface area contributed by atoms with Gasteiger partial charge < -0.3 is 9.64 Å². The van der Waals surface area contributed by atoms with Crippen LogP contribution in [0.25, 0.3) is 0 Å². The summed E-state index contributed by atoms with van der Waals surface area (Å²) < 4.78 is 5.60. The monoisotopic (exact) mass is 296 g/mol. The Labute approximate surface area is 130 Å². The standard InChI is InChI=1S/C18H20N2O2/c1-22-17-9-11-20(18(21)15-8-5-10-19-13-15)16(17)12-14-6-3-2-4-7-14/h2-8,10,13,16-17H,9,11-12H2,1H3/t16-,17-/m0/s1. The van der Waals surface area contributed by atoms with Gasteiger partial charge in [-0.1, -0.05) is 30.3 Å². The molecule has 1 aliphatic rings. The van der Waals surface area contributed by atoms with Gasteiger partial charge in [-0.05, 0) is 30.5 Å². The highest BCUT2D eigenvalue weighted by Gasteiger charge is 2.37. The third-order valence-electron chi connectivity index (χ3n) is 4.24. The minimum atomic E-state index is 0.0357. The molecule has 1 saturated heterocycles. The molecule has 0 spiro atoms. The van der Waals surface area contributed by atoms with Crippen LogP contribution in [-0.2, 0) is 11.2 Å². The maximum atomic E-state index is 12.7. The summed E-state index contributed by atoms with van der Waals surface area (Å²) >= 11 is 0. The molecule has 1 aromatic carbocycles. The molecular weight excluding hydrogens is 276 g/mol. The number of carbonyl (C=O) groups is 1. The highest BCUT2D eigenvalue weighted by atomic mass is 16.5. The van der Waals surface area contributed by atoms with Gasteiger partial charge in [0.2, 0.25) is 0 Å². The molecule has 2 heterocycles. The molecule has 0 unspecified atom stereocenters. The van der Waals surface area contributed by atoms with Gasteiger partial charge in [-0.15, -0.1) is 0 Å². The van der Waals surface area contributed by atoms with Crippen LogP contribution in [0.2, 0.25) is 0 Å². The van der Waals surface area contributed by atoms with Gasteiger partial charge in [0.15, 0.2) is 0 Å². The molecule has 0 saturated carbocycles. The molecule has 4 nitrogen and oxygen atoms in total. The van der Waals surface area contributed by atoms with E-state index in [4.69, 9.17) is 4.74 Å². The summed E-state index contributed by atoms with van der Waals surface area (Å²) in [5, 5.41) is 0.